The topological polar surface area (TPSA) is 97.1 Å². The monoisotopic (exact) mass is 324 g/mol. The Labute approximate surface area is 134 Å². The molecule has 22 heavy (non-hydrogen) atoms. The average Bonchev–Trinajstić information content (AvgIpc) is 3.09. The van der Waals surface area contributed by atoms with Crippen molar-refractivity contribution >= 4 is 28.3 Å². The van der Waals surface area contributed by atoms with E-state index in [0.29, 0.717) is 17.4 Å². The maximum absolute atomic E-state index is 12.2. The van der Waals surface area contributed by atoms with Crippen molar-refractivity contribution in [2.24, 2.45) is 11.7 Å². The van der Waals surface area contributed by atoms with Gasteiger partial charge in [-0.25, -0.2) is 4.98 Å². The molecular formula is C15H24N4O2S. The van der Waals surface area contributed by atoms with Crippen LogP contribution < -0.4 is 16.4 Å². The number of rotatable bonds is 6. The molecule has 4 N–H and O–H groups in total. The Morgan fingerprint density at radius 2 is 2.09 bits per heavy atom. The molecule has 0 aromatic carbocycles. The van der Waals surface area contributed by atoms with Gasteiger partial charge in [0.1, 0.15) is 0 Å². The van der Waals surface area contributed by atoms with Crippen LogP contribution in [0.4, 0.5) is 5.13 Å². The summed E-state index contributed by atoms with van der Waals surface area (Å²) in [5.41, 5.74) is 6.26. The Kier molecular flexibility index (Phi) is 5.52. The van der Waals surface area contributed by atoms with Crippen molar-refractivity contribution in [1.29, 1.82) is 0 Å². The van der Waals surface area contributed by atoms with E-state index in [2.05, 4.69) is 15.6 Å². The summed E-state index contributed by atoms with van der Waals surface area (Å²) in [5.74, 6) is -0.222. The SMILES string of the molecule is CC(C)C(=O)Nc1nc(CC(=O)NC2(CN)CCCC2)cs1. The van der Waals surface area contributed by atoms with E-state index in [1.165, 1.54) is 11.3 Å². The summed E-state index contributed by atoms with van der Waals surface area (Å²) >= 11 is 1.34. The van der Waals surface area contributed by atoms with Crippen LogP contribution in [-0.4, -0.2) is 28.9 Å². The van der Waals surface area contributed by atoms with Crippen LogP contribution in [0.3, 0.4) is 0 Å². The summed E-state index contributed by atoms with van der Waals surface area (Å²) in [4.78, 5) is 28.1. The lowest BCUT2D eigenvalue weighted by Gasteiger charge is -2.28. The molecule has 122 valence electrons. The van der Waals surface area contributed by atoms with Gasteiger partial charge in [0.2, 0.25) is 11.8 Å². The molecule has 0 bridgehead atoms. The third-order valence-corrected chi connectivity index (χ3v) is 4.81. The second-order valence-electron chi connectivity index (χ2n) is 6.20. The lowest BCUT2D eigenvalue weighted by Crippen LogP contribution is -2.52. The molecule has 1 heterocycles. The first-order valence-electron chi connectivity index (χ1n) is 7.70. The number of nitrogens with zero attached hydrogens (tertiary/aromatic N) is 1. The smallest absolute Gasteiger partial charge is 0.228 e. The maximum atomic E-state index is 12.2. The van der Waals surface area contributed by atoms with Crippen molar-refractivity contribution in [2.75, 3.05) is 11.9 Å². The van der Waals surface area contributed by atoms with Gasteiger partial charge in [0.15, 0.2) is 5.13 Å². The molecule has 0 radical (unpaired) electrons. The summed E-state index contributed by atoms with van der Waals surface area (Å²) < 4.78 is 0. The number of amides is 2. The van der Waals surface area contributed by atoms with Gasteiger partial charge in [-0.1, -0.05) is 26.7 Å². The molecule has 1 saturated carbocycles. The summed E-state index contributed by atoms with van der Waals surface area (Å²) in [5, 5.41) is 8.16. The summed E-state index contributed by atoms with van der Waals surface area (Å²) in [6.45, 7) is 4.13. The molecule has 0 saturated heterocycles. The number of hydrogen-bond acceptors (Lipinski definition) is 5. The minimum atomic E-state index is -0.234. The second kappa shape index (κ2) is 7.19. The number of thiazole rings is 1. The highest BCUT2D eigenvalue weighted by Crippen LogP contribution is 2.28. The zero-order valence-electron chi connectivity index (χ0n) is 13.1. The van der Waals surface area contributed by atoms with Crippen molar-refractivity contribution < 1.29 is 9.59 Å². The van der Waals surface area contributed by atoms with Crippen LogP contribution in [0, 0.1) is 5.92 Å². The molecule has 1 aromatic rings. The zero-order valence-corrected chi connectivity index (χ0v) is 14.0. The molecule has 2 rings (SSSR count). The predicted molar refractivity (Wildman–Crippen MR) is 87.7 cm³/mol. The van der Waals surface area contributed by atoms with Gasteiger partial charge in [-0.15, -0.1) is 11.3 Å². The lowest BCUT2D eigenvalue weighted by molar-refractivity contribution is -0.122. The molecule has 7 heteroatoms. The van der Waals surface area contributed by atoms with Gasteiger partial charge >= 0.3 is 0 Å². The first-order valence-corrected chi connectivity index (χ1v) is 8.58. The Balaban J connectivity index is 1.89. The van der Waals surface area contributed by atoms with E-state index in [1.807, 2.05) is 13.8 Å². The van der Waals surface area contributed by atoms with Gasteiger partial charge in [-0.3, -0.25) is 9.59 Å². The van der Waals surface area contributed by atoms with E-state index >= 15 is 0 Å². The van der Waals surface area contributed by atoms with Gasteiger partial charge in [-0.05, 0) is 12.8 Å². The molecule has 0 aliphatic heterocycles. The fraction of sp³-hybridized carbons (Fsp3) is 0.667. The van der Waals surface area contributed by atoms with Crippen LogP contribution >= 0.6 is 11.3 Å². The normalized spacial score (nSPS) is 16.7. The molecule has 2 amide bonds. The van der Waals surface area contributed by atoms with Gasteiger partial charge in [0, 0.05) is 17.8 Å². The third kappa shape index (κ3) is 4.27. The summed E-state index contributed by atoms with van der Waals surface area (Å²) in [7, 11) is 0. The van der Waals surface area contributed by atoms with E-state index in [9.17, 15) is 9.59 Å². The Hall–Kier alpha value is -1.47. The fourth-order valence-electron chi connectivity index (χ4n) is 2.63. The predicted octanol–water partition coefficient (Wildman–Crippen LogP) is 1.67. The number of carbonyl (C=O) groups is 2. The number of hydrogen-bond donors (Lipinski definition) is 3. The molecule has 1 aliphatic carbocycles. The van der Waals surface area contributed by atoms with Crippen LogP contribution in [0.2, 0.25) is 0 Å². The first-order chi connectivity index (χ1) is 10.4. The molecule has 6 nitrogen and oxygen atoms in total. The minimum Gasteiger partial charge on any atom is -0.349 e. The highest BCUT2D eigenvalue weighted by molar-refractivity contribution is 7.13. The Morgan fingerprint density at radius 1 is 1.41 bits per heavy atom. The van der Waals surface area contributed by atoms with Crippen molar-refractivity contribution in [1.82, 2.24) is 10.3 Å². The second-order valence-corrected chi connectivity index (χ2v) is 7.06. The van der Waals surface area contributed by atoms with E-state index in [-0.39, 0.29) is 29.7 Å². The molecule has 1 aromatic heterocycles. The lowest BCUT2D eigenvalue weighted by atomic mass is 9.97. The molecule has 0 unspecified atom stereocenters. The van der Waals surface area contributed by atoms with Gasteiger partial charge in [0.05, 0.1) is 17.7 Å². The van der Waals surface area contributed by atoms with Crippen LogP contribution in [0.15, 0.2) is 5.38 Å². The third-order valence-electron chi connectivity index (χ3n) is 4.00. The Bertz CT molecular complexity index is 535. The van der Waals surface area contributed by atoms with Crippen molar-refractivity contribution in [2.45, 2.75) is 51.5 Å². The van der Waals surface area contributed by atoms with Crippen LogP contribution in [0.1, 0.15) is 45.2 Å². The van der Waals surface area contributed by atoms with Crippen LogP contribution in [0.5, 0.6) is 0 Å². The minimum absolute atomic E-state index is 0.0561. The number of nitrogens with two attached hydrogens (primary N) is 1. The molecule has 1 fully saturated rings. The number of nitrogens with one attached hydrogen (secondary N) is 2. The quantitative estimate of drug-likeness (QED) is 0.741. The van der Waals surface area contributed by atoms with E-state index in [0.717, 1.165) is 25.7 Å². The summed E-state index contributed by atoms with van der Waals surface area (Å²) in [6, 6.07) is 0. The molecule has 1 aliphatic rings. The molecule has 0 spiro atoms. The highest BCUT2D eigenvalue weighted by atomic mass is 32.1. The van der Waals surface area contributed by atoms with Crippen LogP contribution in [-0.2, 0) is 16.0 Å². The fourth-order valence-corrected chi connectivity index (χ4v) is 3.34. The number of carbonyl (C=O) groups excluding carboxylic acids is 2. The van der Waals surface area contributed by atoms with Crippen molar-refractivity contribution in [3.05, 3.63) is 11.1 Å². The number of aromatic nitrogens is 1. The molecule has 0 atom stereocenters. The van der Waals surface area contributed by atoms with E-state index in [4.69, 9.17) is 5.73 Å². The number of anilines is 1. The standard InChI is InChI=1S/C15H24N4O2S/c1-10(2)13(21)18-14-17-11(8-22-14)7-12(20)19-15(9-16)5-3-4-6-15/h8,10H,3-7,9,16H2,1-2H3,(H,19,20)(H,17,18,21). The van der Waals surface area contributed by atoms with Gasteiger partial charge < -0.3 is 16.4 Å². The van der Waals surface area contributed by atoms with Crippen molar-refractivity contribution in [3.8, 4) is 0 Å². The Morgan fingerprint density at radius 3 is 2.68 bits per heavy atom. The van der Waals surface area contributed by atoms with E-state index in [1.54, 1.807) is 5.38 Å². The summed E-state index contributed by atoms with van der Waals surface area (Å²) in [6.07, 6.45) is 4.33. The van der Waals surface area contributed by atoms with Gasteiger partial charge in [0.25, 0.3) is 0 Å². The average molecular weight is 324 g/mol. The van der Waals surface area contributed by atoms with E-state index < -0.39 is 0 Å². The van der Waals surface area contributed by atoms with Gasteiger partial charge in [-0.2, -0.15) is 0 Å². The largest absolute Gasteiger partial charge is 0.349 e. The highest BCUT2D eigenvalue weighted by Gasteiger charge is 2.33. The maximum Gasteiger partial charge on any atom is 0.228 e. The first kappa shape index (κ1) is 16.9. The zero-order chi connectivity index (χ0) is 16.2. The van der Waals surface area contributed by atoms with Crippen LogP contribution in [0.25, 0.3) is 0 Å². The molecular weight excluding hydrogens is 300 g/mol. The van der Waals surface area contributed by atoms with Crippen molar-refractivity contribution in [3.63, 3.8) is 0 Å².